The number of carbonyl (C=O) groups excluding carboxylic acids is 1. The number of para-hydroxylation sites is 2. The van der Waals surface area contributed by atoms with Crippen LogP contribution in [0.5, 0.6) is 11.5 Å². The van der Waals surface area contributed by atoms with Gasteiger partial charge in [0.1, 0.15) is 16.5 Å². The van der Waals surface area contributed by atoms with E-state index in [9.17, 15) is 4.79 Å². The van der Waals surface area contributed by atoms with Crippen molar-refractivity contribution < 1.29 is 9.53 Å². The number of nitrogens with zero attached hydrogens (tertiary/aromatic N) is 2. The van der Waals surface area contributed by atoms with Gasteiger partial charge in [-0.25, -0.2) is 0 Å². The average Bonchev–Trinajstić information content (AvgIpc) is 3.21. The third-order valence-corrected chi connectivity index (χ3v) is 5.94. The molecule has 1 amide bonds. The maximum Gasteiger partial charge on any atom is 0.261 e. The summed E-state index contributed by atoms with van der Waals surface area (Å²) in [4.78, 5) is 13.9. The Hall–Kier alpha value is -3.16. The normalized spacial score (nSPS) is 10.5. The quantitative estimate of drug-likeness (QED) is 0.379. The predicted octanol–water partition coefficient (Wildman–Crippen LogP) is 5.88. The highest BCUT2D eigenvalue weighted by Gasteiger charge is 2.15. The molecule has 144 valence electrons. The summed E-state index contributed by atoms with van der Waals surface area (Å²) >= 11 is 3.05. The number of amides is 1. The summed E-state index contributed by atoms with van der Waals surface area (Å²) in [5, 5.41) is 12.4. The zero-order valence-electron chi connectivity index (χ0n) is 15.3. The third kappa shape index (κ3) is 5.22. The van der Waals surface area contributed by atoms with Gasteiger partial charge in [0.25, 0.3) is 5.91 Å². The topological polar surface area (TPSA) is 64.1 Å². The van der Waals surface area contributed by atoms with Crippen molar-refractivity contribution >= 4 is 34.1 Å². The van der Waals surface area contributed by atoms with Gasteiger partial charge in [0.05, 0.1) is 11.3 Å². The maximum atomic E-state index is 12.8. The molecule has 1 aromatic heterocycles. The summed E-state index contributed by atoms with van der Waals surface area (Å²) < 4.78 is 5.86. The van der Waals surface area contributed by atoms with Crippen molar-refractivity contribution in [1.82, 2.24) is 10.2 Å². The van der Waals surface area contributed by atoms with Crippen molar-refractivity contribution in [1.29, 1.82) is 0 Å². The van der Waals surface area contributed by atoms with Crippen molar-refractivity contribution in [2.24, 2.45) is 0 Å². The minimum atomic E-state index is -0.282. The van der Waals surface area contributed by atoms with Gasteiger partial charge in [0, 0.05) is 4.90 Å². The van der Waals surface area contributed by atoms with Crippen LogP contribution in [0, 0.1) is 0 Å². The summed E-state index contributed by atoms with van der Waals surface area (Å²) in [5.74, 6) is 1.57. The second-order valence-corrected chi connectivity index (χ2v) is 8.08. The fourth-order valence-corrected chi connectivity index (χ4v) is 4.19. The Morgan fingerprint density at radius 3 is 2.38 bits per heavy atom. The number of rotatable bonds is 7. The number of aromatic nitrogens is 2. The molecule has 0 radical (unpaired) electrons. The fourth-order valence-electron chi connectivity index (χ4n) is 2.55. The van der Waals surface area contributed by atoms with Gasteiger partial charge < -0.3 is 4.74 Å². The van der Waals surface area contributed by atoms with Crippen LogP contribution in [-0.4, -0.2) is 16.1 Å². The molecule has 0 aliphatic rings. The van der Waals surface area contributed by atoms with Crippen LogP contribution < -0.4 is 10.1 Å². The first kappa shape index (κ1) is 19.2. The predicted molar refractivity (Wildman–Crippen MR) is 117 cm³/mol. The first-order chi connectivity index (χ1) is 14.3. The molecule has 5 nitrogen and oxygen atoms in total. The van der Waals surface area contributed by atoms with Gasteiger partial charge in [-0.05, 0) is 36.4 Å². The highest BCUT2D eigenvalue weighted by Crippen LogP contribution is 2.28. The number of ether oxygens (including phenoxy) is 1. The maximum absolute atomic E-state index is 12.8. The van der Waals surface area contributed by atoms with Gasteiger partial charge in [0.2, 0.25) is 5.13 Å². The molecule has 0 aliphatic heterocycles. The van der Waals surface area contributed by atoms with E-state index in [1.54, 1.807) is 30.0 Å². The van der Waals surface area contributed by atoms with Crippen LogP contribution in [0.25, 0.3) is 0 Å². The first-order valence-electron chi connectivity index (χ1n) is 8.91. The van der Waals surface area contributed by atoms with Gasteiger partial charge in [-0.1, -0.05) is 59.9 Å². The lowest BCUT2D eigenvalue weighted by Gasteiger charge is -2.10. The molecule has 0 aliphatic carbocycles. The SMILES string of the molecule is O=C(Nc1nnc(CSc2ccccc2)s1)c1ccccc1Oc1ccccc1. The molecule has 4 rings (SSSR count). The van der Waals surface area contributed by atoms with E-state index < -0.39 is 0 Å². The molecule has 0 unspecified atom stereocenters. The lowest BCUT2D eigenvalue weighted by molar-refractivity contribution is 0.102. The molecule has 29 heavy (non-hydrogen) atoms. The zero-order valence-corrected chi connectivity index (χ0v) is 17.0. The second-order valence-electron chi connectivity index (χ2n) is 5.97. The van der Waals surface area contributed by atoms with E-state index in [1.165, 1.54) is 16.2 Å². The Balaban J connectivity index is 1.42. The molecule has 3 aromatic carbocycles. The monoisotopic (exact) mass is 419 g/mol. The minimum absolute atomic E-state index is 0.282. The van der Waals surface area contributed by atoms with E-state index in [2.05, 4.69) is 27.6 Å². The molecule has 0 bridgehead atoms. The summed E-state index contributed by atoms with van der Waals surface area (Å²) in [6, 6.07) is 26.6. The molecule has 0 spiro atoms. The minimum Gasteiger partial charge on any atom is -0.457 e. The Labute approximate surface area is 176 Å². The lowest BCUT2D eigenvalue weighted by Crippen LogP contribution is -2.12. The van der Waals surface area contributed by atoms with Gasteiger partial charge in [-0.15, -0.1) is 22.0 Å². The molecular formula is C22H17N3O2S2. The van der Waals surface area contributed by atoms with E-state index in [0.717, 1.165) is 5.01 Å². The molecule has 7 heteroatoms. The van der Waals surface area contributed by atoms with E-state index in [1.807, 2.05) is 54.6 Å². The number of hydrogen-bond acceptors (Lipinski definition) is 6. The van der Waals surface area contributed by atoms with Gasteiger partial charge in [0.15, 0.2) is 0 Å². The molecule has 0 saturated carbocycles. The molecule has 0 atom stereocenters. The van der Waals surface area contributed by atoms with E-state index >= 15 is 0 Å². The van der Waals surface area contributed by atoms with Crippen molar-refractivity contribution in [2.45, 2.75) is 10.6 Å². The highest BCUT2D eigenvalue weighted by atomic mass is 32.2. The molecule has 0 saturated heterocycles. The number of hydrogen-bond donors (Lipinski definition) is 1. The summed E-state index contributed by atoms with van der Waals surface area (Å²) in [6.45, 7) is 0. The number of carbonyl (C=O) groups is 1. The van der Waals surface area contributed by atoms with Crippen LogP contribution >= 0.6 is 23.1 Å². The van der Waals surface area contributed by atoms with Crippen LogP contribution in [0.4, 0.5) is 5.13 Å². The molecule has 0 fully saturated rings. The third-order valence-electron chi connectivity index (χ3n) is 3.90. The van der Waals surface area contributed by atoms with Crippen molar-refractivity contribution in [3.8, 4) is 11.5 Å². The lowest BCUT2D eigenvalue weighted by atomic mass is 10.2. The Bertz CT molecular complexity index is 1090. The molecule has 4 aromatic rings. The largest absolute Gasteiger partial charge is 0.457 e. The van der Waals surface area contributed by atoms with E-state index in [4.69, 9.17) is 4.74 Å². The van der Waals surface area contributed by atoms with Crippen LogP contribution in [0.15, 0.2) is 89.8 Å². The number of anilines is 1. The number of nitrogens with one attached hydrogen (secondary N) is 1. The molecular weight excluding hydrogens is 402 g/mol. The van der Waals surface area contributed by atoms with E-state index in [0.29, 0.717) is 27.9 Å². The van der Waals surface area contributed by atoms with Crippen molar-refractivity contribution in [3.63, 3.8) is 0 Å². The van der Waals surface area contributed by atoms with Crippen LogP contribution in [0.2, 0.25) is 0 Å². The van der Waals surface area contributed by atoms with Crippen LogP contribution in [0.1, 0.15) is 15.4 Å². The summed E-state index contributed by atoms with van der Waals surface area (Å²) in [6.07, 6.45) is 0. The highest BCUT2D eigenvalue weighted by molar-refractivity contribution is 7.98. The fraction of sp³-hybridized carbons (Fsp3) is 0.0455. The summed E-state index contributed by atoms with van der Waals surface area (Å²) in [5.41, 5.74) is 0.437. The Morgan fingerprint density at radius 2 is 1.59 bits per heavy atom. The van der Waals surface area contributed by atoms with Gasteiger partial charge >= 0.3 is 0 Å². The smallest absolute Gasteiger partial charge is 0.261 e. The van der Waals surface area contributed by atoms with E-state index in [-0.39, 0.29) is 5.91 Å². The Kier molecular flexibility index (Phi) is 6.19. The van der Waals surface area contributed by atoms with Crippen molar-refractivity contribution in [3.05, 3.63) is 95.5 Å². The average molecular weight is 420 g/mol. The second kappa shape index (κ2) is 9.36. The Morgan fingerprint density at radius 1 is 0.897 bits per heavy atom. The molecule has 1 N–H and O–H groups in total. The molecule has 1 heterocycles. The van der Waals surface area contributed by atoms with Crippen LogP contribution in [0.3, 0.4) is 0 Å². The zero-order chi connectivity index (χ0) is 19.9. The van der Waals surface area contributed by atoms with Gasteiger partial charge in [-0.3, -0.25) is 10.1 Å². The van der Waals surface area contributed by atoms with Crippen LogP contribution in [-0.2, 0) is 5.75 Å². The number of benzene rings is 3. The summed E-state index contributed by atoms with van der Waals surface area (Å²) in [7, 11) is 0. The van der Waals surface area contributed by atoms with Crippen molar-refractivity contribution in [2.75, 3.05) is 5.32 Å². The first-order valence-corrected chi connectivity index (χ1v) is 10.7. The van der Waals surface area contributed by atoms with Gasteiger partial charge in [-0.2, -0.15) is 0 Å². The standard InChI is InChI=1S/C22H17N3O2S2/c26-21(18-13-7-8-14-19(18)27-16-9-3-1-4-10-16)23-22-25-24-20(29-22)15-28-17-11-5-2-6-12-17/h1-14H,15H2,(H,23,25,26). The number of thioether (sulfide) groups is 1.